The monoisotopic (exact) mass is 480 g/mol. The Hall–Kier alpha value is -5.23. The normalized spacial score (nSPS) is 11.4. The molecule has 0 saturated heterocycles. The van der Waals surface area contributed by atoms with Crippen molar-refractivity contribution in [3.05, 3.63) is 127 Å². The zero-order chi connectivity index (χ0) is 24.8. The fourth-order valence-electron chi connectivity index (χ4n) is 4.73. The van der Waals surface area contributed by atoms with Crippen molar-refractivity contribution in [3.8, 4) is 22.8 Å². The Morgan fingerprint density at radius 2 is 1.32 bits per heavy atom. The maximum atomic E-state index is 13.1. The van der Waals surface area contributed by atoms with Gasteiger partial charge >= 0.3 is 5.97 Å². The number of carbonyl (C=O) groups is 1. The number of aromatic nitrogens is 4. The van der Waals surface area contributed by atoms with Crippen molar-refractivity contribution in [2.75, 3.05) is 0 Å². The fourth-order valence-corrected chi connectivity index (χ4v) is 4.73. The summed E-state index contributed by atoms with van der Waals surface area (Å²) in [7, 11) is 0. The lowest BCUT2D eigenvalue weighted by Crippen LogP contribution is -2.08. The maximum Gasteiger partial charge on any atom is 0.343 e. The molecule has 6 nitrogen and oxygen atoms in total. The van der Waals surface area contributed by atoms with Crippen LogP contribution < -0.4 is 4.74 Å². The van der Waals surface area contributed by atoms with E-state index < -0.39 is 5.97 Å². The maximum absolute atomic E-state index is 13.1. The summed E-state index contributed by atoms with van der Waals surface area (Å²) >= 11 is 0. The first-order valence-electron chi connectivity index (χ1n) is 12.0. The van der Waals surface area contributed by atoms with E-state index in [0.29, 0.717) is 28.0 Å². The van der Waals surface area contributed by atoms with E-state index in [1.807, 2.05) is 118 Å². The summed E-state index contributed by atoms with van der Waals surface area (Å²) in [5.41, 5.74) is 5.43. The second kappa shape index (κ2) is 8.46. The van der Waals surface area contributed by atoms with E-state index in [1.54, 1.807) is 12.1 Å². The van der Waals surface area contributed by atoms with Crippen molar-refractivity contribution >= 4 is 33.7 Å². The number of rotatable bonds is 4. The van der Waals surface area contributed by atoms with Crippen LogP contribution in [-0.4, -0.2) is 24.9 Å². The molecule has 0 aliphatic heterocycles. The Morgan fingerprint density at radius 3 is 2.08 bits per heavy atom. The number of hydrogen-bond acceptors (Lipinski definition) is 4. The second-order valence-electron chi connectivity index (χ2n) is 8.71. The number of carbonyl (C=O) groups excluding carboxylic acids is 1. The Morgan fingerprint density at radius 1 is 0.676 bits per heavy atom. The van der Waals surface area contributed by atoms with Gasteiger partial charge in [-0.3, -0.25) is 8.97 Å². The highest BCUT2D eigenvalue weighted by atomic mass is 16.5. The van der Waals surface area contributed by atoms with Crippen LogP contribution in [0, 0.1) is 0 Å². The lowest BCUT2D eigenvalue weighted by Gasteiger charge is -2.10. The van der Waals surface area contributed by atoms with Crippen molar-refractivity contribution < 1.29 is 9.53 Å². The van der Waals surface area contributed by atoms with Crippen molar-refractivity contribution in [1.29, 1.82) is 0 Å². The molecule has 0 N–H and O–H groups in total. The summed E-state index contributed by atoms with van der Waals surface area (Å²) < 4.78 is 10.0. The molecule has 37 heavy (non-hydrogen) atoms. The van der Waals surface area contributed by atoms with E-state index in [2.05, 4.69) is 0 Å². The highest BCUT2D eigenvalue weighted by Crippen LogP contribution is 2.37. The molecule has 0 unspecified atom stereocenters. The molecule has 0 radical (unpaired) electrons. The van der Waals surface area contributed by atoms with E-state index >= 15 is 0 Å². The van der Waals surface area contributed by atoms with Crippen molar-refractivity contribution in [2.45, 2.75) is 0 Å². The first-order chi connectivity index (χ1) is 18.3. The molecule has 0 bridgehead atoms. The Balaban J connectivity index is 1.58. The molecule has 0 aliphatic carbocycles. The topological polar surface area (TPSA) is 61.4 Å². The standard InChI is InChI=1S/C31H20N4O2/c36-31(22-14-6-2-7-15-22)37-26-20-34(23-16-8-3-9-17-23)29-27(26)30-32-24-18-10-11-19-25(24)35(30)28(33-29)21-12-4-1-5-13-21/h1-20H. The number of fused-ring (bicyclic) bond motifs is 5. The molecule has 7 aromatic rings. The summed E-state index contributed by atoms with van der Waals surface area (Å²) in [5.74, 6) is 0.724. The van der Waals surface area contributed by atoms with Gasteiger partial charge in [-0.05, 0) is 36.4 Å². The second-order valence-corrected chi connectivity index (χ2v) is 8.71. The van der Waals surface area contributed by atoms with Gasteiger partial charge in [0.15, 0.2) is 17.0 Å². The first kappa shape index (κ1) is 21.1. The van der Waals surface area contributed by atoms with E-state index in [9.17, 15) is 4.79 Å². The SMILES string of the molecule is O=C(Oc1cn(-c2ccccc2)c2nc(-c3ccccc3)n3c4ccccc4nc3c12)c1ccccc1. The largest absolute Gasteiger partial charge is 0.420 e. The average molecular weight is 481 g/mol. The minimum absolute atomic E-state index is 0.403. The predicted molar refractivity (Wildman–Crippen MR) is 144 cm³/mol. The molecule has 6 heteroatoms. The van der Waals surface area contributed by atoms with Crippen molar-refractivity contribution in [1.82, 2.24) is 18.9 Å². The van der Waals surface area contributed by atoms with Crippen LogP contribution in [0.15, 0.2) is 121 Å². The number of para-hydroxylation sites is 3. The molecule has 7 rings (SSSR count). The van der Waals surface area contributed by atoms with Gasteiger partial charge in [0.05, 0.1) is 22.8 Å². The Labute approximate surface area is 212 Å². The molecular formula is C31H20N4O2. The molecular weight excluding hydrogens is 460 g/mol. The third kappa shape index (κ3) is 3.46. The van der Waals surface area contributed by atoms with Crippen LogP contribution in [0.5, 0.6) is 5.75 Å². The highest BCUT2D eigenvalue weighted by molar-refractivity contribution is 6.04. The zero-order valence-electron chi connectivity index (χ0n) is 19.7. The van der Waals surface area contributed by atoms with Crippen LogP contribution >= 0.6 is 0 Å². The Bertz CT molecular complexity index is 1910. The van der Waals surface area contributed by atoms with Gasteiger partial charge in [-0.15, -0.1) is 0 Å². The summed E-state index contributed by atoms with van der Waals surface area (Å²) in [6.07, 6.45) is 1.82. The Kier molecular flexibility index (Phi) is 4.82. The van der Waals surface area contributed by atoms with Crippen LogP contribution in [0.1, 0.15) is 10.4 Å². The molecule has 0 saturated carbocycles. The van der Waals surface area contributed by atoms with Crippen LogP contribution in [0.4, 0.5) is 0 Å². The van der Waals surface area contributed by atoms with E-state index in [1.165, 1.54) is 0 Å². The van der Waals surface area contributed by atoms with Gasteiger partial charge in [-0.25, -0.2) is 14.8 Å². The van der Waals surface area contributed by atoms with E-state index in [0.717, 1.165) is 28.1 Å². The van der Waals surface area contributed by atoms with E-state index in [4.69, 9.17) is 14.7 Å². The predicted octanol–water partition coefficient (Wildman–Crippen LogP) is 6.71. The summed E-state index contributed by atoms with van der Waals surface area (Å²) in [6, 6.07) is 36.9. The van der Waals surface area contributed by atoms with Gasteiger partial charge < -0.3 is 4.74 Å². The van der Waals surface area contributed by atoms with Crippen LogP contribution in [-0.2, 0) is 0 Å². The summed E-state index contributed by atoms with van der Waals surface area (Å²) in [4.78, 5) is 23.3. The molecule has 176 valence electrons. The lowest BCUT2D eigenvalue weighted by molar-refractivity contribution is 0.0737. The molecule has 0 fully saturated rings. The fraction of sp³-hybridized carbons (Fsp3) is 0. The van der Waals surface area contributed by atoms with Crippen LogP contribution in [0.2, 0.25) is 0 Å². The summed E-state index contributed by atoms with van der Waals surface area (Å²) in [5, 5.41) is 0.670. The van der Waals surface area contributed by atoms with Crippen molar-refractivity contribution in [2.24, 2.45) is 0 Å². The van der Waals surface area contributed by atoms with Gasteiger partial charge in [-0.2, -0.15) is 0 Å². The third-order valence-electron chi connectivity index (χ3n) is 6.43. The molecule has 4 aromatic carbocycles. The third-order valence-corrected chi connectivity index (χ3v) is 6.43. The number of esters is 1. The number of nitrogens with zero attached hydrogens (tertiary/aromatic N) is 4. The minimum Gasteiger partial charge on any atom is -0.420 e. The molecule has 0 aliphatic rings. The van der Waals surface area contributed by atoms with Crippen LogP contribution in [0.3, 0.4) is 0 Å². The smallest absolute Gasteiger partial charge is 0.343 e. The minimum atomic E-state index is -0.436. The van der Waals surface area contributed by atoms with Gasteiger partial charge in [0, 0.05) is 11.3 Å². The number of benzene rings is 4. The quantitative estimate of drug-likeness (QED) is 0.263. The number of ether oxygens (including phenoxy) is 1. The average Bonchev–Trinajstić information content (AvgIpc) is 3.52. The molecule has 0 amide bonds. The van der Waals surface area contributed by atoms with Gasteiger partial charge in [0.25, 0.3) is 0 Å². The molecule has 0 atom stereocenters. The highest BCUT2D eigenvalue weighted by Gasteiger charge is 2.24. The zero-order valence-corrected chi connectivity index (χ0v) is 19.7. The van der Waals surface area contributed by atoms with Gasteiger partial charge in [0.1, 0.15) is 11.2 Å². The molecule has 0 spiro atoms. The van der Waals surface area contributed by atoms with Gasteiger partial charge in [-0.1, -0.05) is 78.9 Å². The first-order valence-corrected chi connectivity index (χ1v) is 12.0. The van der Waals surface area contributed by atoms with Crippen molar-refractivity contribution in [3.63, 3.8) is 0 Å². The molecule has 3 aromatic heterocycles. The number of hydrogen-bond donors (Lipinski definition) is 0. The van der Waals surface area contributed by atoms with E-state index in [-0.39, 0.29) is 0 Å². The summed E-state index contributed by atoms with van der Waals surface area (Å²) in [6.45, 7) is 0. The molecule has 3 heterocycles. The lowest BCUT2D eigenvalue weighted by atomic mass is 10.2. The number of imidazole rings is 1. The van der Waals surface area contributed by atoms with Crippen LogP contribution in [0.25, 0.3) is 44.8 Å². The van der Waals surface area contributed by atoms with Gasteiger partial charge in [0.2, 0.25) is 0 Å².